The second-order valence-corrected chi connectivity index (χ2v) is 5.39. The van der Waals surface area contributed by atoms with E-state index in [2.05, 4.69) is 37.1 Å². The van der Waals surface area contributed by atoms with Crippen molar-refractivity contribution in [3.63, 3.8) is 0 Å². The molecule has 0 fully saturated rings. The monoisotopic (exact) mass is 278 g/mol. The molecule has 0 bridgehead atoms. The summed E-state index contributed by atoms with van der Waals surface area (Å²) in [5.41, 5.74) is 4.79. The minimum Gasteiger partial charge on any atom is -0.267 e. The second-order valence-electron chi connectivity index (χ2n) is 5.39. The van der Waals surface area contributed by atoms with Crippen LogP contribution in [0.25, 0.3) is 21.9 Å². The van der Waals surface area contributed by atoms with E-state index >= 15 is 0 Å². The minimum absolute atomic E-state index is 0.0258. The van der Waals surface area contributed by atoms with Gasteiger partial charge in [0.1, 0.15) is 0 Å². The quantitative estimate of drug-likeness (QED) is 0.716. The Balaban J connectivity index is 2.20. The summed E-state index contributed by atoms with van der Waals surface area (Å²) in [4.78, 5) is 12.2. The maximum Gasteiger partial charge on any atom is 0.274 e. The van der Waals surface area contributed by atoms with Crippen molar-refractivity contribution >= 4 is 10.8 Å². The van der Waals surface area contributed by atoms with Crippen LogP contribution < -0.4 is 5.56 Å². The number of aromatic nitrogens is 2. The van der Waals surface area contributed by atoms with Gasteiger partial charge in [-0.3, -0.25) is 4.79 Å². The number of rotatable bonds is 2. The lowest BCUT2D eigenvalue weighted by molar-refractivity contribution is 0.623. The van der Waals surface area contributed by atoms with Gasteiger partial charge in [0, 0.05) is 11.9 Å². The third-order valence-corrected chi connectivity index (χ3v) is 3.85. The van der Waals surface area contributed by atoms with E-state index in [0.29, 0.717) is 6.54 Å². The lowest BCUT2D eigenvalue weighted by Crippen LogP contribution is -2.21. The summed E-state index contributed by atoms with van der Waals surface area (Å²) >= 11 is 0. The molecule has 3 heteroatoms. The zero-order valence-corrected chi connectivity index (χ0v) is 12.6. The average molecular weight is 278 g/mol. The lowest BCUT2D eigenvalue weighted by Gasteiger charge is -2.09. The summed E-state index contributed by atoms with van der Waals surface area (Å²) in [7, 11) is 0. The third-order valence-electron chi connectivity index (χ3n) is 3.85. The van der Waals surface area contributed by atoms with E-state index < -0.39 is 0 Å². The van der Waals surface area contributed by atoms with Crippen LogP contribution in [-0.2, 0) is 6.54 Å². The smallest absolute Gasteiger partial charge is 0.267 e. The highest BCUT2D eigenvalue weighted by Gasteiger charge is 2.07. The van der Waals surface area contributed by atoms with Crippen molar-refractivity contribution in [3.8, 4) is 11.1 Å². The van der Waals surface area contributed by atoms with Gasteiger partial charge < -0.3 is 0 Å². The standard InChI is InChI=1S/C18H18N2O/c1-4-20-18(21)17-8-6-14(10-15(17)11-19-20)16-7-5-12(2)9-13(16)3/h5-11H,4H2,1-3H3. The lowest BCUT2D eigenvalue weighted by atomic mass is 9.97. The predicted octanol–water partition coefficient (Wildman–Crippen LogP) is 3.70. The van der Waals surface area contributed by atoms with Crippen LogP contribution in [0.5, 0.6) is 0 Å². The normalized spacial score (nSPS) is 11.0. The first-order valence-electron chi connectivity index (χ1n) is 7.17. The highest BCUT2D eigenvalue weighted by Crippen LogP contribution is 2.26. The molecule has 3 rings (SSSR count). The van der Waals surface area contributed by atoms with Crippen LogP contribution in [0.15, 0.2) is 47.4 Å². The highest BCUT2D eigenvalue weighted by molar-refractivity contribution is 5.86. The zero-order chi connectivity index (χ0) is 15.0. The molecule has 21 heavy (non-hydrogen) atoms. The Labute approximate surface area is 123 Å². The summed E-state index contributed by atoms with van der Waals surface area (Å²) in [5.74, 6) is 0. The van der Waals surface area contributed by atoms with Crippen molar-refractivity contribution in [2.75, 3.05) is 0 Å². The van der Waals surface area contributed by atoms with Crippen LogP contribution in [0.4, 0.5) is 0 Å². The maximum atomic E-state index is 12.2. The molecule has 0 radical (unpaired) electrons. The van der Waals surface area contributed by atoms with Gasteiger partial charge in [-0.2, -0.15) is 5.10 Å². The molecule has 0 unspecified atom stereocenters. The first kappa shape index (κ1) is 13.6. The van der Waals surface area contributed by atoms with E-state index in [-0.39, 0.29) is 5.56 Å². The number of hydrogen-bond acceptors (Lipinski definition) is 2. The van der Waals surface area contributed by atoms with Gasteiger partial charge in [-0.25, -0.2) is 4.68 Å². The molecular formula is C18H18N2O. The molecule has 3 nitrogen and oxygen atoms in total. The fraction of sp³-hybridized carbons (Fsp3) is 0.222. The van der Waals surface area contributed by atoms with Gasteiger partial charge in [0.2, 0.25) is 0 Å². The van der Waals surface area contributed by atoms with E-state index in [4.69, 9.17) is 0 Å². The Hall–Kier alpha value is -2.42. The summed E-state index contributed by atoms with van der Waals surface area (Å²) in [5, 5.41) is 5.81. The van der Waals surface area contributed by atoms with Crippen molar-refractivity contribution in [3.05, 3.63) is 64.1 Å². The molecule has 0 N–H and O–H groups in total. The molecule has 0 spiro atoms. The average Bonchev–Trinajstić information content (AvgIpc) is 2.47. The Morgan fingerprint density at radius 2 is 1.90 bits per heavy atom. The van der Waals surface area contributed by atoms with Gasteiger partial charge in [0.25, 0.3) is 5.56 Å². The number of benzene rings is 2. The molecule has 1 heterocycles. The molecule has 3 aromatic rings. The highest BCUT2D eigenvalue weighted by atomic mass is 16.1. The summed E-state index contributed by atoms with van der Waals surface area (Å²) < 4.78 is 1.49. The number of nitrogens with zero attached hydrogens (tertiary/aromatic N) is 2. The van der Waals surface area contributed by atoms with Crippen molar-refractivity contribution in [1.29, 1.82) is 0 Å². The molecule has 106 valence electrons. The van der Waals surface area contributed by atoms with Crippen molar-refractivity contribution in [2.45, 2.75) is 27.3 Å². The first-order chi connectivity index (χ1) is 10.1. The summed E-state index contributed by atoms with van der Waals surface area (Å²) in [6, 6.07) is 12.4. The molecule has 0 aliphatic rings. The Morgan fingerprint density at radius 1 is 1.10 bits per heavy atom. The summed E-state index contributed by atoms with van der Waals surface area (Å²) in [6.07, 6.45) is 1.77. The number of hydrogen-bond donors (Lipinski definition) is 0. The van der Waals surface area contributed by atoms with Gasteiger partial charge in [-0.1, -0.05) is 29.8 Å². The second kappa shape index (κ2) is 5.17. The molecule has 0 aliphatic heterocycles. The summed E-state index contributed by atoms with van der Waals surface area (Å²) in [6.45, 7) is 6.71. The van der Waals surface area contributed by atoms with Gasteiger partial charge in [-0.05, 0) is 49.6 Å². The van der Waals surface area contributed by atoms with Crippen LogP contribution in [0.1, 0.15) is 18.1 Å². The van der Waals surface area contributed by atoms with E-state index in [9.17, 15) is 4.79 Å². The molecule has 0 atom stereocenters. The molecule has 0 saturated heterocycles. The Kier molecular flexibility index (Phi) is 3.34. The van der Waals surface area contributed by atoms with E-state index in [1.165, 1.54) is 21.4 Å². The van der Waals surface area contributed by atoms with Gasteiger partial charge in [0.15, 0.2) is 0 Å². The van der Waals surface area contributed by atoms with E-state index in [0.717, 1.165) is 16.3 Å². The number of aryl methyl sites for hydroxylation is 3. The van der Waals surface area contributed by atoms with Crippen LogP contribution in [0, 0.1) is 13.8 Å². The van der Waals surface area contributed by atoms with Gasteiger partial charge >= 0.3 is 0 Å². The Bertz CT molecular complexity index is 878. The minimum atomic E-state index is -0.0258. The van der Waals surface area contributed by atoms with E-state index in [1.54, 1.807) is 6.20 Å². The molecule has 1 aromatic heterocycles. The van der Waals surface area contributed by atoms with Gasteiger partial charge in [-0.15, -0.1) is 0 Å². The van der Waals surface area contributed by atoms with Crippen LogP contribution in [0.3, 0.4) is 0 Å². The Morgan fingerprint density at radius 3 is 2.62 bits per heavy atom. The van der Waals surface area contributed by atoms with Crippen LogP contribution in [-0.4, -0.2) is 9.78 Å². The molecule has 2 aromatic carbocycles. The maximum absolute atomic E-state index is 12.2. The molecule has 0 aliphatic carbocycles. The van der Waals surface area contributed by atoms with Crippen molar-refractivity contribution < 1.29 is 0 Å². The van der Waals surface area contributed by atoms with Crippen LogP contribution >= 0.6 is 0 Å². The topological polar surface area (TPSA) is 34.9 Å². The van der Waals surface area contributed by atoms with Crippen molar-refractivity contribution in [2.24, 2.45) is 0 Å². The fourth-order valence-corrected chi connectivity index (χ4v) is 2.72. The first-order valence-corrected chi connectivity index (χ1v) is 7.17. The largest absolute Gasteiger partial charge is 0.274 e. The SMILES string of the molecule is CCn1ncc2cc(-c3ccc(C)cc3C)ccc2c1=O. The third kappa shape index (κ3) is 2.35. The van der Waals surface area contributed by atoms with Crippen LogP contribution in [0.2, 0.25) is 0 Å². The predicted molar refractivity (Wildman–Crippen MR) is 86.6 cm³/mol. The fourth-order valence-electron chi connectivity index (χ4n) is 2.72. The molecule has 0 saturated carbocycles. The van der Waals surface area contributed by atoms with E-state index in [1.807, 2.05) is 25.1 Å². The molecular weight excluding hydrogens is 260 g/mol. The van der Waals surface area contributed by atoms with Crippen molar-refractivity contribution in [1.82, 2.24) is 9.78 Å². The van der Waals surface area contributed by atoms with Gasteiger partial charge in [0.05, 0.1) is 11.6 Å². The zero-order valence-electron chi connectivity index (χ0n) is 12.6. The molecule has 0 amide bonds. The number of fused-ring (bicyclic) bond motifs is 1.